The highest BCUT2D eigenvalue weighted by molar-refractivity contribution is 8.01. The van der Waals surface area contributed by atoms with E-state index >= 15 is 0 Å². The number of carbonyl (C=O) groups excluding carboxylic acids is 1. The molecular weight excluding hydrogens is 532 g/mol. The Morgan fingerprint density at radius 2 is 1.93 bits per heavy atom. The molecule has 0 bridgehead atoms. The molecule has 1 fully saturated rings. The number of aliphatic hydroxyl groups excluding tert-OH is 1. The molecule has 0 spiro atoms. The van der Waals surface area contributed by atoms with Gasteiger partial charge in [0.25, 0.3) is 5.91 Å². The molecule has 1 saturated carbocycles. The van der Waals surface area contributed by atoms with E-state index in [1.54, 1.807) is 4.31 Å². The summed E-state index contributed by atoms with van der Waals surface area (Å²) in [6.07, 6.45) is 10.4. The van der Waals surface area contributed by atoms with Crippen molar-refractivity contribution >= 4 is 38.1 Å². The van der Waals surface area contributed by atoms with Crippen molar-refractivity contribution in [1.29, 1.82) is 0 Å². The van der Waals surface area contributed by atoms with Crippen molar-refractivity contribution in [3.05, 3.63) is 65.4 Å². The summed E-state index contributed by atoms with van der Waals surface area (Å²) < 4.78 is 17.3. The molecule has 222 valence electrons. The summed E-state index contributed by atoms with van der Waals surface area (Å²) in [5.41, 5.74) is 4.42. The maximum atomic E-state index is 13.8. The summed E-state index contributed by atoms with van der Waals surface area (Å²) >= 11 is 0. The number of amides is 1. The molecule has 3 N–H and O–H groups in total. The summed E-state index contributed by atoms with van der Waals surface area (Å²) in [5, 5.41) is 18.9. The van der Waals surface area contributed by atoms with Crippen LogP contribution in [0.15, 0.2) is 48.7 Å². The Balaban J connectivity index is 1.36. The fourth-order valence-corrected chi connectivity index (χ4v) is 7.80. The summed E-state index contributed by atoms with van der Waals surface area (Å²) in [7, 11) is -0.688. The smallest absolute Gasteiger partial charge is 0.251 e. The standard InChI is InChI=1S/C33H46N4O3S/c1-4-37-23-26-16-18-41(3,40)36(2)29-20-27(21-30(37)32(26)29)33(39)35-28(19-25-13-9-6-10-14-25)31(38)22-34-17-15-24-11-7-5-8-12-24/h6,9-10,13-14,20-21,23-24,28,31,34,38H,3-5,7-8,11-12,15-19,22H2,1-2H3,(H,35,39)/t28-,31+,41?/m0/s1. The quantitative estimate of drug-likeness (QED) is 0.230. The third-order valence-electron chi connectivity index (χ3n) is 9.06. The first-order valence-electron chi connectivity index (χ1n) is 15.2. The van der Waals surface area contributed by atoms with E-state index in [0.717, 1.165) is 53.1 Å². The number of benzene rings is 2. The van der Waals surface area contributed by atoms with Crippen molar-refractivity contribution in [2.24, 2.45) is 5.92 Å². The summed E-state index contributed by atoms with van der Waals surface area (Å²) in [6.45, 7) is 4.15. The molecule has 7 nitrogen and oxygen atoms in total. The van der Waals surface area contributed by atoms with E-state index in [1.165, 1.54) is 32.1 Å². The zero-order chi connectivity index (χ0) is 29.0. The number of rotatable bonds is 11. The highest BCUT2D eigenvalue weighted by atomic mass is 32.2. The largest absolute Gasteiger partial charge is 0.390 e. The molecule has 0 radical (unpaired) electrons. The summed E-state index contributed by atoms with van der Waals surface area (Å²) in [5.74, 6) is 5.03. The number of hydrogen-bond donors (Lipinski definition) is 3. The Kier molecular flexibility index (Phi) is 9.42. The van der Waals surface area contributed by atoms with Gasteiger partial charge in [0, 0.05) is 52.7 Å². The third-order valence-corrected chi connectivity index (χ3v) is 11.1. The van der Waals surface area contributed by atoms with Crippen LogP contribution in [0.5, 0.6) is 0 Å². The Bertz CT molecular complexity index is 1440. The van der Waals surface area contributed by atoms with E-state index in [0.29, 0.717) is 30.7 Å². The highest BCUT2D eigenvalue weighted by Gasteiger charge is 2.27. The van der Waals surface area contributed by atoms with Gasteiger partial charge < -0.3 is 24.6 Å². The average Bonchev–Trinajstić information content (AvgIpc) is 3.31. The maximum absolute atomic E-state index is 13.8. The first-order valence-corrected chi connectivity index (χ1v) is 17.1. The Hall–Kier alpha value is -2.81. The fraction of sp³-hybridized carbons (Fsp3) is 0.515. The molecular formula is C33H46N4O3S. The second-order valence-corrected chi connectivity index (χ2v) is 14.4. The van der Waals surface area contributed by atoms with Crippen LogP contribution in [0.2, 0.25) is 0 Å². The summed E-state index contributed by atoms with van der Waals surface area (Å²) in [4.78, 5) is 13.8. The van der Waals surface area contributed by atoms with Gasteiger partial charge in [-0.1, -0.05) is 62.4 Å². The van der Waals surface area contributed by atoms with Gasteiger partial charge in [-0.05, 0) is 67.8 Å². The van der Waals surface area contributed by atoms with Crippen LogP contribution in [-0.2, 0) is 29.1 Å². The molecule has 1 aliphatic carbocycles. The maximum Gasteiger partial charge on any atom is 0.251 e. The number of anilines is 1. The minimum atomic E-state index is -2.50. The molecule has 0 saturated heterocycles. The molecule has 2 heterocycles. The molecule has 5 rings (SSSR count). The van der Waals surface area contributed by atoms with E-state index in [2.05, 4.69) is 34.2 Å². The topological polar surface area (TPSA) is 86.6 Å². The lowest BCUT2D eigenvalue weighted by Crippen LogP contribution is -2.49. The van der Waals surface area contributed by atoms with Gasteiger partial charge in [-0.2, -0.15) is 0 Å². The van der Waals surface area contributed by atoms with E-state index in [1.807, 2.05) is 49.5 Å². The predicted molar refractivity (Wildman–Crippen MR) is 171 cm³/mol. The highest BCUT2D eigenvalue weighted by Crippen LogP contribution is 2.37. The number of aromatic nitrogens is 1. The van der Waals surface area contributed by atoms with Crippen LogP contribution in [0.4, 0.5) is 5.69 Å². The predicted octanol–water partition coefficient (Wildman–Crippen LogP) is 4.55. The van der Waals surface area contributed by atoms with E-state index < -0.39 is 21.9 Å². The molecule has 1 unspecified atom stereocenters. The van der Waals surface area contributed by atoms with Crippen molar-refractivity contribution in [3.8, 4) is 0 Å². The number of hydrogen-bond acceptors (Lipinski definition) is 4. The summed E-state index contributed by atoms with van der Waals surface area (Å²) in [6, 6.07) is 13.3. The van der Waals surface area contributed by atoms with Gasteiger partial charge in [0.05, 0.1) is 23.3 Å². The lowest BCUT2D eigenvalue weighted by atomic mass is 9.87. The molecule has 1 aliphatic heterocycles. The number of aryl methyl sites for hydroxylation is 2. The lowest BCUT2D eigenvalue weighted by molar-refractivity contribution is 0.0830. The van der Waals surface area contributed by atoms with Crippen LogP contribution in [0.1, 0.15) is 66.9 Å². The van der Waals surface area contributed by atoms with Crippen LogP contribution in [0, 0.1) is 5.92 Å². The Labute approximate surface area is 245 Å². The van der Waals surface area contributed by atoms with Crippen LogP contribution >= 0.6 is 0 Å². The van der Waals surface area contributed by atoms with Gasteiger partial charge in [0.15, 0.2) is 0 Å². The van der Waals surface area contributed by atoms with E-state index in [9.17, 15) is 14.1 Å². The fourth-order valence-electron chi connectivity index (χ4n) is 6.48. The minimum Gasteiger partial charge on any atom is -0.390 e. The van der Waals surface area contributed by atoms with Crippen molar-refractivity contribution < 1.29 is 14.1 Å². The molecule has 3 atom stereocenters. The molecule has 1 aromatic heterocycles. The molecule has 2 aliphatic rings. The van der Waals surface area contributed by atoms with Gasteiger partial charge in [-0.3, -0.25) is 4.79 Å². The second-order valence-electron chi connectivity index (χ2n) is 11.9. The van der Waals surface area contributed by atoms with Crippen LogP contribution < -0.4 is 14.9 Å². The van der Waals surface area contributed by atoms with Gasteiger partial charge in [-0.25, -0.2) is 4.21 Å². The third kappa shape index (κ3) is 6.82. The first-order chi connectivity index (χ1) is 19.8. The van der Waals surface area contributed by atoms with E-state index in [-0.39, 0.29) is 5.91 Å². The van der Waals surface area contributed by atoms with Crippen LogP contribution in [0.3, 0.4) is 0 Å². The van der Waals surface area contributed by atoms with Crippen molar-refractivity contribution in [2.45, 2.75) is 77.0 Å². The van der Waals surface area contributed by atoms with Crippen LogP contribution in [0.25, 0.3) is 10.9 Å². The Morgan fingerprint density at radius 3 is 2.66 bits per heavy atom. The van der Waals surface area contributed by atoms with Crippen molar-refractivity contribution in [2.75, 3.05) is 30.2 Å². The van der Waals surface area contributed by atoms with Gasteiger partial charge in [-0.15, -0.1) is 0 Å². The second kappa shape index (κ2) is 13.0. The van der Waals surface area contributed by atoms with Gasteiger partial charge >= 0.3 is 0 Å². The molecule has 1 amide bonds. The number of nitrogens with zero attached hydrogens (tertiary/aromatic N) is 2. The molecule has 2 aromatic carbocycles. The monoisotopic (exact) mass is 578 g/mol. The lowest BCUT2D eigenvalue weighted by Gasteiger charge is -2.27. The normalized spacial score (nSPS) is 21.0. The molecule has 8 heteroatoms. The zero-order valence-corrected chi connectivity index (χ0v) is 25.4. The molecule has 3 aromatic rings. The van der Waals surface area contributed by atoms with Crippen molar-refractivity contribution in [1.82, 2.24) is 15.2 Å². The van der Waals surface area contributed by atoms with Gasteiger partial charge in [0.1, 0.15) is 0 Å². The van der Waals surface area contributed by atoms with Gasteiger partial charge in [0.2, 0.25) is 0 Å². The number of nitrogens with one attached hydrogen (secondary N) is 2. The minimum absolute atomic E-state index is 0.246. The SMILES string of the molecule is C=S1(=O)CCc2cn(CC)c3cc(C(=O)N[C@@H](Cc4ccccc4)[C@H](O)CNCCC4CCCCC4)cc(c23)N1C. The van der Waals surface area contributed by atoms with Crippen LogP contribution in [-0.4, -0.2) is 63.7 Å². The molecule has 41 heavy (non-hydrogen) atoms. The Morgan fingerprint density at radius 1 is 1.17 bits per heavy atom. The number of aliphatic hydroxyl groups is 1. The van der Waals surface area contributed by atoms with E-state index in [4.69, 9.17) is 0 Å². The van der Waals surface area contributed by atoms with Crippen molar-refractivity contribution in [3.63, 3.8) is 0 Å². The average molecular weight is 579 g/mol. The zero-order valence-electron chi connectivity index (χ0n) is 24.6. The first kappa shape index (κ1) is 29.7. The number of carbonyl (C=O) groups is 1.